The van der Waals surface area contributed by atoms with Crippen molar-refractivity contribution in [1.29, 1.82) is 0 Å². The van der Waals surface area contributed by atoms with E-state index < -0.39 is 5.97 Å². The molecule has 1 amide bonds. The van der Waals surface area contributed by atoms with E-state index in [-0.39, 0.29) is 17.2 Å². The highest BCUT2D eigenvalue weighted by atomic mass is 32.1. The highest BCUT2D eigenvalue weighted by Gasteiger charge is 2.15. The molecule has 0 spiro atoms. The highest BCUT2D eigenvalue weighted by molar-refractivity contribution is 7.14. The van der Waals surface area contributed by atoms with E-state index >= 15 is 0 Å². The van der Waals surface area contributed by atoms with Crippen molar-refractivity contribution in [3.63, 3.8) is 0 Å². The maximum Gasteiger partial charge on any atom is 0.337 e. The lowest BCUT2D eigenvalue weighted by atomic mass is 10.2. The number of hydrogen-bond acceptors (Lipinski definition) is 4. The summed E-state index contributed by atoms with van der Waals surface area (Å²) in [6, 6.07) is 3.13. The van der Waals surface area contributed by atoms with E-state index in [0.717, 1.165) is 10.4 Å². The number of hydrogen-bond donors (Lipinski definition) is 2. The molecule has 19 heavy (non-hydrogen) atoms. The minimum Gasteiger partial charge on any atom is -0.478 e. The van der Waals surface area contributed by atoms with Gasteiger partial charge in [0.1, 0.15) is 0 Å². The fraction of sp³-hybridized carbons (Fsp3) is 0.154. The predicted octanol–water partition coefficient (Wildman–Crippen LogP) is 2.71. The standard InChI is InChI=1S/C13H12N2O3S/c1-7-5-11(19-8(7)2)12(16)15-10-6-14-4-3-9(10)13(17)18/h3-6H,1-2H3,(H,15,16)(H,17,18). The summed E-state index contributed by atoms with van der Waals surface area (Å²) in [5.41, 5.74) is 1.26. The molecule has 0 aliphatic rings. The third-order valence-electron chi connectivity index (χ3n) is 2.69. The number of thiophene rings is 1. The Morgan fingerprint density at radius 2 is 2.11 bits per heavy atom. The third-order valence-corrected chi connectivity index (χ3v) is 3.84. The first-order valence-electron chi connectivity index (χ1n) is 5.54. The molecule has 0 bridgehead atoms. The molecule has 5 nitrogen and oxygen atoms in total. The molecule has 0 aromatic carbocycles. The van der Waals surface area contributed by atoms with Crippen molar-refractivity contribution in [3.8, 4) is 0 Å². The summed E-state index contributed by atoms with van der Waals surface area (Å²) in [7, 11) is 0. The summed E-state index contributed by atoms with van der Waals surface area (Å²) in [4.78, 5) is 28.5. The van der Waals surface area contributed by atoms with Crippen molar-refractivity contribution in [2.45, 2.75) is 13.8 Å². The van der Waals surface area contributed by atoms with Crippen LogP contribution in [0.1, 0.15) is 30.5 Å². The van der Waals surface area contributed by atoms with Crippen LogP contribution in [0.5, 0.6) is 0 Å². The maximum absolute atomic E-state index is 12.0. The first-order valence-corrected chi connectivity index (χ1v) is 6.36. The van der Waals surface area contributed by atoms with Crippen molar-refractivity contribution in [3.05, 3.63) is 45.4 Å². The zero-order valence-electron chi connectivity index (χ0n) is 10.4. The van der Waals surface area contributed by atoms with Crippen LogP contribution in [0.25, 0.3) is 0 Å². The van der Waals surface area contributed by atoms with Crippen LogP contribution in [-0.2, 0) is 0 Å². The smallest absolute Gasteiger partial charge is 0.337 e. The van der Waals surface area contributed by atoms with Crippen LogP contribution in [0.4, 0.5) is 5.69 Å². The molecule has 2 heterocycles. The van der Waals surface area contributed by atoms with E-state index in [0.29, 0.717) is 4.88 Å². The molecular formula is C13H12N2O3S. The topological polar surface area (TPSA) is 79.3 Å². The number of amides is 1. The Morgan fingerprint density at radius 1 is 1.37 bits per heavy atom. The van der Waals surface area contributed by atoms with Gasteiger partial charge in [-0.1, -0.05) is 0 Å². The maximum atomic E-state index is 12.0. The molecule has 0 aliphatic carbocycles. The molecule has 2 rings (SSSR count). The van der Waals surface area contributed by atoms with Crippen LogP contribution in [0.15, 0.2) is 24.5 Å². The summed E-state index contributed by atoms with van der Waals surface area (Å²) in [5.74, 6) is -1.42. The number of aromatic nitrogens is 1. The van der Waals surface area contributed by atoms with E-state index in [9.17, 15) is 9.59 Å². The second-order valence-electron chi connectivity index (χ2n) is 4.03. The van der Waals surface area contributed by atoms with Crippen LogP contribution >= 0.6 is 11.3 Å². The van der Waals surface area contributed by atoms with Gasteiger partial charge in [0.25, 0.3) is 5.91 Å². The van der Waals surface area contributed by atoms with Gasteiger partial charge >= 0.3 is 5.97 Å². The molecule has 0 aliphatic heterocycles. The predicted molar refractivity (Wildman–Crippen MR) is 72.9 cm³/mol. The van der Waals surface area contributed by atoms with E-state index in [1.165, 1.54) is 29.8 Å². The fourth-order valence-corrected chi connectivity index (χ4v) is 2.48. The summed E-state index contributed by atoms with van der Waals surface area (Å²) in [6.45, 7) is 3.86. The van der Waals surface area contributed by atoms with Crippen LogP contribution in [-0.4, -0.2) is 22.0 Å². The number of nitrogens with one attached hydrogen (secondary N) is 1. The SMILES string of the molecule is Cc1cc(C(=O)Nc2cnccc2C(=O)O)sc1C. The molecule has 6 heteroatoms. The number of rotatable bonds is 3. The Labute approximate surface area is 113 Å². The monoisotopic (exact) mass is 276 g/mol. The summed E-state index contributed by atoms with van der Waals surface area (Å²) in [6.07, 6.45) is 2.70. The number of carbonyl (C=O) groups excluding carboxylic acids is 1. The van der Waals surface area contributed by atoms with Gasteiger partial charge in [0.05, 0.1) is 22.3 Å². The number of carboxylic acid groups (broad SMARTS) is 1. The number of aromatic carboxylic acids is 1. The van der Waals surface area contributed by atoms with Gasteiger partial charge in [-0.3, -0.25) is 9.78 Å². The molecule has 0 saturated carbocycles. The average molecular weight is 276 g/mol. The van der Waals surface area contributed by atoms with Crippen LogP contribution in [0, 0.1) is 13.8 Å². The summed E-state index contributed by atoms with van der Waals surface area (Å²) in [5, 5.41) is 11.6. The molecule has 0 radical (unpaired) electrons. The van der Waals surface area contributed by atoms with Gasteiger partial charge in [-0.2, -0.15) is 0 Å². The van der Waals surface area contributed by atoms with Gasteiger partial charge in [0.15, 0.2) is 0 Å². The molecule has 0 saturated heterocycles. The van der Waals surface area contributed by atoms with Gasteiger partial charge in [0.2, 0.25) is 0 Å². The van der Waals surface area contributed by atoms with Crippen molar-refractivity contribution in [1.82, 2.24) is 4.98 Å². The Hall–Kier alpha value is -2.21. The fourth-order valence-electron chi connectivity index (χ4n) is 1.55. The quantitative estimate of drug-likeness (QED) is 0.903. The first-order chi connectivity index (χ1) is 8.99. The molecule has 0 unspecified atom stereocenters. The zero-order chi connectivity index (χ0) is 14.0. The van der Waals surface area contributed by atoms with Gasteiger partial charge in [0, 0.05) is 11.1 Å². The summed E-state index contributed by atoms with van der Waals surface area (Å²) < 4.78 is 0. The van der Waals surface area contributed by atoms with Crippen molar-refractivity contribution >= 4 is 28.9 Å². The molecule has 2 N–H and O–H groups in total. The Balaban J connectivity index is 2.26. The number of carbonyl (C=O) groups is 2. The average Bonchev–Trinajstić information content (AvgIpc) is 2.70. The highest BCUT2D eigenvalue weighted by Crippen LogP contribution is 2.22. The lowest BCUT2D eigenvalue weighted by molar-refractivity contribution is 0.0698. The third kappa shape index (κ3) is 2.79. The Bertz CT molecular complexity index is 630. The van der Waals surface area contributed by atoms with Gasteiger partial charge in [-0.15, -0.1) is 11.3 Å². The Kier molecular flexibility index (Phi) is 3.62. The van der Waals surface area contributed by atoms with Crippen molar-refractivity contribution in [2.75, 3.05) is 5.32 Å². The molecular weight excluding hydrogens is 264 g/mol. The largest absolute Gasteiger partial charge is 0.478 e. The number of anilines is 1. The molecule has 0 atom stereocenters. The van der Waals surface area contributed by atoms with Crippen LogP contribution in [0.2, 0.25) is 0 Å². The van der Waals surface area contributed by atoms with Crippen LogP contribution in [0.3, 0.4) is 0 Å². The van der Waals surface area contributed by atoms with E-state index in [2.05, 4.69) is 10.3 Å². The van der Waals surface area contributed by atoms with Crippen molar-refractivity contribution < 1.29 is 14.7 Å². The number of nitrogens with zero attached hydrogens (tertiary/aromatic N) is 1. The second kappa shape index (κ2) is 5.19. The number of pyridine rings is 1. The summed E-state index contributed by atoms with van der Waals surface area (Å²) >= 11 is 1.38. The molecule has 2 aromatic heterocycles. The lowest BCUT2D eigenvalue weighted by Crippen LogP contribution is -2.13. The number of aryl methyl sites for hydroxylation is 2. The second-order valence-corrected chi connectivity index (χ2v) is 5.29. The minimum absolute atomic E-state index is 0.0216. The van der Waals surface area contributed by atoms with Crippen molar-refractivity contribution in [2.24, 2.45) is 0 Å². The molecule has 0 fully saturated rings. The van der Waals surface area contributed by atoms with E-state index in [1.54, 1.807) is 6.07 Å². The normalized spacial score (nSPS) is 10.2. The first kappa shape index (κ1) is 13.2. The Morgan fingerprint density at radius 3 is 2.68 bits per heavy atom. The zero-order valence-corrected chi connectivity index (χ0v) is 11.2. The lowest BCUT2D eigenvalue weighted by Gasteiger charge is -2.06. The van der Waals surface area contributed by atoms with E-state index in [1.807, 2.05) is 13.8 Å². The minimum atomic E-state index is -1.10. The van der Waals surface area contributed by atoms with E-state index in [4.69, 9.17) is 5.11 Å². The van der Waals surface area contributed by atoms with Gasteiger partial charge in [-0.25, -0.2) is 4.79 Å². The van der Waals surface area contributed by atoms with Crippen LogP contribution < -0.4 is 5.32 Å². The van der Waals surface area contributed by atoms with Gasteiger partial charge < -0.3 is 10.4 Å². The molecule has 98 valence electrons. The van der Waals surface area contributed by atoms with Gasteiger partial charge in [-0.05, 0) is 31.5 Å². The number of carboxylic acids is 1. The molecule has 2 aromatic rings.